The molecule has 0 spiro atoms. The molecule has 0 atom stereocenters. The molecule has 0 amide bonds. The number of carbonyl (C=O) groups is 1. The van der Waals surface area contributed by atoms with Gasteiger partial charge in [0.1, 0.15) is 5.56 Å². The van der Waals surface area contributed by atoms with E-state index in [1.165, 1.54) is 6.20 Å². The van der Waals surface area contributed by atoms with Crippen molar-refractivity contribution in [1.82, 2.24) is 29.5 Å². The van der Waals surface area contributed by atoms with Gasteiger partial charge in [0.25, 0.3) is 5.95 Å². The highest BCUT2D eigenvalue weighted by molar-refractivity contribution is 5.93. The van der Waals surface area contributed by atoms with Gasteiger partial charge in [0.2, 0.25) is 0 Å². The molecule has 34 heavy (non-hydrogen) atoms. The molecule has 3 heterocycles. The van der Waals surface area contributed by atoms with Gasteiger partial charge in [-0.3, -0.25) is 0 Å². The van der Waals surface area contributed by atoms with Gasteiger partial charge in [0.15, 0.2) is 5.82 Å². The molecule has 8 nitrogen and oxygen atoms in total. The lowest BCUT2D eigenvalue weighted by Crippen LogP contribution is -2.16. The molecule has 0 saturated carbocycles. The fourth-order valence-corrected chi connectivity index (χ4v) is 3.62. The van der Waals surface area contributed by atoms with Crippen LogP contribution in [0.1, 0.15) is 22.8 Å². The maximum absolute atomic E-state index is 12.8. The minimum atomic E-state index is -0.517. The van der Waals surface area contributed by atoms with Crippen LogP contribution in [0.15, 0.2) is 85.3 Å². The Hall–Kier alpha value is -4.59. The second kappa shape index (κ2) is 9.11. The number of carbonyl (C=O) groups excluding carboxylic acids is 1. The first kappa shape index (κ1) is 21.3. The molecule has 0 bridgehead atoms. The maximum Gasteiger partial charge on any atom is 0.343 e. The fourth-order valence-electron chi connectivity index (χ4n) is 3.62. The molecule has 0 radical (unpaired) electrons. The fraction of sp³-hybridized carbons (Fsp3) is 0.115. The highest BCUT2D eigenvalue weighted by Crippen LogP contribution is 2.29. The summed E-state index contributed by atoms with van der Waals surface area (Å²) >= 11 is 0. The number of esters is 1. The summed E-state index contributed by atoms with van der Waals surface area (Å²) < 4.78 is 8.53. The lowest BCUT2D eigenvalue weighted by Gasteiger charge is -2.12. The van der Waals surface area contributed by atoms with E-state index in [-0.39, 0.29) is 12.2 Å². The molecule has 8 heteroatoms. The number of hydrogen-bond acceptors (Lipinski definition) is 6. The van der Waals surface area contributed by atoms with Crippen molar-refractivity contribution in [2.45, 2.75) is 13.8 Å². The molecule has 0 aliphatic heterocycles. The Morgan fingerprint density at radius 3 is 2.32 bits per heavy atom. The Bertz CT molecular complexity index is 1440. The number of benzene rings is 2. The number of nitrogens with zero attached hydrogens (tertiary/aromatic N) is 6. The Balaban J connectivity index is 1.75. The molecule has 0 unspecified atom stereocenters. The summed E-state index contributed by atoms with van der Waals surface area (Å²) in [6.07, 6.45) is 5.00. The molecule has 3 aromatic heterocycles. The van der Waals surface area contributed by atoms with Crippen LogP contribution in [0.3, 0.4) is 0 Å². The van der Waals surface area contributed by atoms with Gasteiger partial charge >= 0.3 is 5.97 Å². The van der Waals surface area contributed by atoms with Gasteiger partial charge in [-0.1, -0.05) is 60.7 Å². The zero-order valence-corrected chi connectivity index (χ0v) is 18.8. The third kappa shape index (κ3) is 4.09. The molecule has 0 fully saturated rings. The van der Waals surface area contributed by atoms with E-state index >= 15 is 0 Å². The lowest BCUT2D eigenvalue weighted by molar-refractivity contribution is 0.0525. The van der Waals surface area contributed by atoms with Crippen molar-refractivity contribution < 1.29 is 9.53 Å². The third-order valence-corrected chi connectivity index (χ3v) is 5.22. The van der Waals surface area contributed by atoms with Crippen LogP contribution in [-0.4, -0.2) is 42.1 Å². The van der Waals surface area contributed by atoms with Crippen LogP contribution in [-0.2, 0) is 4.74 Å². The number of hydrogen-bond donors (Lipinski definition) is 0. The third-order valence-electron chi connectivity index (χ3n) is 5.22. The summed E-state index contributed by atoms with van der Waals surface area (Å²) in [6.45, 7) is 3.93. The summed E-state index contributed by atoms with van der Waals surface area (Å²) in [7, 11) is 0. The molecule has 2 aromatic carbocycles. The Labute approximate surface area is 196 Å². The minimum absolute atomic E-state index is 0.217. The van der Waals surface area contributed by atoms with E-state index in [9.17, 15) is 4.79 Å². The normalized spacial score (nSPS) is 10.9. The van der Waals surface area contributed by atoms with Gasteiger partial charge < -0.3 is 4.74 Å². The van der Waals surface area contributed by atoms with E-state index in [1.54, 1.807) is 22.5 Å². The van der Waals surface area contributed by atoms with Crippen molar-refractivity contribution in [1.29, 1.82) is 0 Å². The molecule has 5 aromatic rings. The van der Waals surface area contributed by atoms with Gasteiger partial charge in [-0.2, -0.15) is 15.2 Å². The Kier molecular flexibility index (Phi) is 5.70. The first-order valence-corrected chi connectivity index (χ1v) is 10.9. The lowest BCUT2D eigenvalue weighted by atomic mass is 10.1. The summed E-state index contributed by atoms with van der Waals surface area (Å²) in [4.78, 5) is 21.9. The molecular formula is C26H22N6O2. The molecule has 0 saturated heterocycles. The minimum Gasteiger partial charge on any atom is -0.462 e. The number of aromatic nitrogens is 6. The van der Waals surface area contributed by atoms with Gasteiger partial charge in [-0.05, 0) is 25.5 Å². The zero-order chi connectivity index (χ0) is 23.5. The standard InChI is InChI=1S/C26H22N6O2/c1-3-34-25(33)21-16-27-26(31-17-18(2)15-28-31)29-24(21)32-23(20-12-8-5-9-13-20)14-22(30-32)19-10-6-4-7-11-19/h4-17H,3H2,1-2H3. The number of ether oxygens (including phenoxy) is 1. The monoisotopic (exact) mass is 450 g/mol. The van der Waals surface area contributed by atoms with Crippen molar-refractivity contribution in [2.75, 3.05) is 6.61 Å². The van der Waals surface area contributed by atoms with E-state index < -0.39 is 5.97 Å². The van der Waals surface area contributed by atoms with Gasteiger partial charge in [-0.15, -0.1) is 0 Å². The molecular weight excluding hydrogens is 428 g/mol. The van der Waals surface area contributed by atoms with Crippen LogP contribution in [0.2, 0.25) is 0 Å². The second-order valence-corrected chi connectivity index (χ2v) is 7.65. The van der Waals surface area contributed by atoms with Crippen molar-refractivity contribution in [2.24, 2.45) is 0 Å². The largest absolute Gasteiger partial charge is 0.462 e. The molecule has 0 aliphatic carbocycles. The van der Waals surface area contributed by atoms with Crippen molar-refractivity contribution >= 4 is 5.97 Å². The molecule has 0 aliphatic rings. The highest BCUT2D eigenvalue weighted by Gasteiger charge is 2.23. The van der Waals surface area contributed by atoms with E-state index in [0.29, 0.717) is 11.8 Å². The smallest absolute Gasteiger partial charge is 0.343 e. The first-order valence-electron chi connectivity index (χ1n) is 10.9. The quantitative estimate of drug-likeness (QED) is 0.350. The Morgan fingerprint density at radius 1 is 0.971 bits per heavy atom. The first-order chi connectivity index (χ1) is 16.6. The summed E-state index contributed by atoms with van der Waals surface area (Å²) in [5.74, 6) is 0.126. The summed E-state index contributed by atoms with van der Waals surface area (Å²) in [6, 6.07) is 21.7. The molecule has 5 rings (SSSR count). The summed E-state index contributed by atoms with van der Waals surface area (Å²) in [5, 5.41) is 9.17. The molecule has 168 valence electrons. The average Bonchev–Trinajstić information content (AvgIpc) is 3.52. The summed E-state index contributed by atoms with van der Waals surface area (Å²) in [5.41, 5.74) is 4.61. The predicted octanol–water partition coefficient (Wildman–Crippen LogP) is 4.67. The zero-order valence-electron chi connectivity index (χ0n) is 18.8. The van der Waals surface area contributed by atoms with Crippen LogP contribution in [0.4, 0.5) is 0 Å². The second-order valence-electron chi connectivity index (χ2n) is 7.65. The van der Waals surface area contributed by atoms with Crippen LogP contribution >= 0.6 is 0 Å². The molecule has 0 N–H and O–H groups in total. The van der Waals surface area contributed by atoms with Crippen molar-refractivity contribution in [3.05, 3.63) is 96.4 Å². The van der Waals surface area contributed by atoms with Crippen LogP contribution in [0.25, 0.3) is 34.3 Å². The van der Waals surface area contributed by atoms with E-state index in [4.69, 9.17) is 14.8 Å². The predicted molar refractivity (Wildman–Crippen MR) is 128 cm³/mol. The van der Waals surface area contributed by atoms with Gasteiger partial charge in [-0.25, -0.2) is 19.1 Å². The van der Waals surface area contributed by atoms with E-state index in [1.807, 2.05) is 79.9 Å². The Morgan fingerprint density at radius 2 is 1.68 bits per heavy atom. The SMILES string of the molecule is CCOC(=O)c1cnc(-n2cc(C)cn2)nc1-n1nc(-c2ccccc2)cc1-c1ccccc1. The van der Waals surface area contributed by atoms with Crippen LogP contribution < -0.4 is 0 Å². The van der Waals surface area contributed by atoms with Crippen molar-refractivity contribution in [3.8, 4) is 34.3 Å². The van der Waals surface area contributed by atoms with Gasteiger partial charge in [0, 0.05) is 23.5 Å². The van der Waals surface area contributed by atoms with Crippen molar-refractivity contribution in [3.63, 3.8) is 0 Å². The van der Waals surface area contributed by atoms with Crippen LogP contribution in [0.5, 0.6) is 0 Å². The number of rotatable bonds is 6. The van der Waals surface area contributed by atoms with E-state index in [2.05, 4.69) is 10.1 Å². The highest BCUT2D eigenvalue weighted by atomic mass is 16.5. The van der Waals surface area contributed by atoms with Gasteiger partial charge in [0.05, 0.1) is 24.2 Å². The maximum atomic E-state index is 12.8. The van der Waals surface area contributed by atoms with Crippen LogP contribution in [0, 0.1) is 6.92 Å². The van der Waals surface area contributed by atoms with E-state index in [0.717, 1.165) is 28.1 Å². The number of aryl methyl sites for hydroxylation is 1. The topological polar surface area (TPSA) is 87.7 Å². The average molecular weight is 451 g/mol.